The maximum Gasteiger partial charge on any atom is 0.245 e. The van der Waals surface area contributed by atoms with Crippen LogP contribution in [0.5, 0.6) is 0 Å². The summed E-state index contributed by atoms with van der Waals surface area (Å²) in [6.45, 7) is 0. The van der Waals surface area contributed by atoms with Gasteiger partial charge in [-0.1, -0.05) is 28.1 Å². The van der Waals surface area contributed by atoms with Gasteiger partial charge in [0.2, 0.25) is 11.8 Å². The van der Waals surface area contributed by atoms with Crippen LogP contribution in [-0.2, 0) is 9.59 Å². The van der Waals surface area contributed by atoms with Gasteiger partial charge in [0.1, 0.15) is 0 Å². The van der Waals surface area contributed by atoms with E-state index in [0.29, 0.717) is 5.71 Å². The average Bonchev–Trinajstić information content (AvgIpc) is 2.75. The summed E-state index contributed by atoms with van der Waals surface area (Å²) in [6.07, 6.45) is 1.78. The number of hydrogen-bond donors (Lipinski definition) is 2. The summed E-state index contributed by atoms with van der Waals surface area (Å²) in [6, 6.07) is 7.51. The van der Waals surface area contributed by atoms with Crippen LogP contribution in [0.25, 0.3) is 0 Å². The lowest BCUT2D eigenvalue weighted by Gasteiger charge is -1.98. The Bertz CT molecular complexity index is 569. The van der Waals surface area contributed by atoms with E-state index >= 15 is 0 Å². The third-order valence-corrected chi connectivity index (χ3v) is 2.81. The van der Waals surface area contributed by atoms with Crippen molar-refractivity contribution >= 4 is 39.7 Å². The zero-order valence-electron chi connectivity index (χ0n) is 9.89. The molecule has 7 heteroatoms. The third kappa shape index (κ3) is 4.29. The average molecular weight is 323 g/mol. The molecule has 0 atom stereocenters. The van der Waals surface area contributed by atoms with Gasteiger partial charge in [0.05, 0.1) is 24.8 Å². The van der Waals surface area contributed by atoms with Crippen LogP contribution in [0.3, 0.4) is 0 Å². The minimum atomic E-state index is -0.304. The molecule has 1 aliphatic rings. The van der Waals surface area contributed by atoms with E-state index in [1.807, 2.05) is 24.3 Å². The van der Waals surface area contributed by atoms with Gasteiger partial charge in [0, 0.05) is 4.47 Å². The topological polar surface area (TPSA) is 82.9 Å². The Morgan fingerprint density at radius 2 is 2.42 bits per heavy atom. The first-order valence-electron chi connectivity index (χ1n) is 5.55. The molecular formula is C12H11BrN4O2. The Morgan fingerprint density at radius 3 is 3.11 bits per heavy atom. The number of amides is 2. The van der Waals surface area contributed by atoms with E-state index in [4.69, 9.17) is 0 Å². The normalized spacial score (nSPS) is 14.4. The minimum Gasteiger partial charge on any atom is -0.273 e. The van der Waals surface area contributed by atoms with Crippen molar-refractivity contribution in [2.45, 2.75) is 12.8 Å². The first kappa shape index (κ1) is 13.4. The molecule has 0 saturated heterocycles. The number of nitrogens with zero attached hydrogens (tertiary/aromatic N) is 2. The molecule has 2 N–H and O–H groups in total. The highest BCUT2D eigenvalue weighted by Crippen LogP contribution is 2.09. The maximum absolute atomic E-state index is 11.5. The predicted molar refractivity (Wildman–Crippen MR) is 74.7 cm³/mol. The van der Waals surface area contributed by atoms with Crippen LogP contribution in [0.2, 0.25) is 0 Å². The van der Waals surface area contributed by atoms with Crippen molar-refractivity contribution in [3.05, 3.63) is 34.3 Å². The van der Waals surface area contributed by atoms with Crippen molar-refractivity contribution < 1.29 is 9.59 Å². The number of nitrogens with one attached hydrogen (secondary N) is 2. The van der Waals surface area contributed by atoms with Crippen LogP contribution in [0, 0.1) is 0 Å². The lowest BCUT2D eigenvalue weighted by Crippen LogP contribution is -2.20. The number of carbonyl (C=O) groups excluding carboxylic acids is 2. The molecule has 6 nitrogen and oxygen atoms in total. The van der Waals surface area contributed by atoms with Crippen molar-refractivity contribution in [2.24, 2.45) is 10.2 Å². The SMILES string of the molecule is O=C1CC(CC(=O)N/N=C\c2cccc(Br)c2)=NN1. The summed E-state index contributed by atoms with van der Waals surface area (Å²) in [5.74, 6) is -0.498. The van der Waals surface area contributed by atoms with Crippen molar-refractivity contribution in [3.8, 4) is 0 Å². The van der Waals surface area contributed by atoms with Crippen LogP contribution >= 0.6 is 15.9 Å². The molecule has 1 aliphatic heterocycles. The smallest absolute Gasteiger partial charge is 0.245 e. The van der Waals surface area contributed by atoms with Gasteiger partial charge in [0.15, 0.2) is 0 Å². The highest BCUT2D eigenvalue weighted by molar-refractivity contribution is 9.10. The number of benzene rings is 1. The Morgan fingerprint density at radius 1 is 1.58 bits per heavy atom. The zero-order chi connectivity index (χ0) is 13.7. The first-order valence-corrected chi connectivity index (χ1v) is 6.34. The number of rotatable bonds is 4. The second kappa shape index (κ2) is 6.24. The summed E-state index contributed by atoms with van der Waals surface area (Å²) >= 11 is 3.34. The molecule has 19 heavy (non-hydrogen) atoms. The van der Waals surface area contributed by atoms with Gasteiger partial charge < -0.3 is 0 Å². The van der Waals surface area contributed by atoms with Crippen LogP contribution in [0.15, 0.2) is 38.9 Å². The number of halogens is 1. The summed E-state index contributed by atoms with van der Waals surface area (Å²) in [5.41, 5.74) is 6.06. The Labute approximate surface area is 118 Å². The Hall–Kier alpha value is -2.02. The highest BCUT2D eigenvalue weighted by atomic mass is 79.9. The predicted octanol–water partition coefficient (Wildman–Crippen LogP) is 1.17. The quantitative estimate of drug-likeness (QED) is 0.644. The molecule has 0 aliphatic carbocycles. The molecule has 1 aromatic rings. The molecule has 0 unspecified atom stereocenters. The summed E-state index contributed by atoms with van der Waals surface area (Å²) in [5, 5.41) is 7.57. The zero-order valence-corrected chi connectivity index (χ0v) is 11.5. The highest BCUT2D eigenvalue weighted by Gasteiger charge is 2.16. The summed E-state index contributed by atoms with van der Waals surface area (Å²) in [4.78, 5) is 22.4. The molecule has 2 amide bonds. The van der Waals surface area contributed by atoms with E-state index in [0.717, 1.165) is 10.0 Å². The van der Waals surface area contributed by atoms with Crippen molar-refractivity contribution in [3.63, 3.8) is 0 Å². The lowest BCUT2D eigenvalue weighted by molar-refractivity contribution is -0.119. The monoisotopic (exact) mass is 322 g/mol. The van der Waals surface area contributed by atoms with Crippen LogP contribution in [-0.4, -0.2) is 23.7 Å². The van der Waals surface area contributed by atoms with Crippen molar-refractivity contribution in [1.29, 1.82) is 0 Å². The lowest BCUT2D eigenvalue weighted by atomic mass is 10.2. The molecule has 1 heterocycles. The molecule has 2 rings (SSSR count). The van der Waals surface area contributed by atoms with E-state index in [1.165, 1.54) is 0 Å². The Balaban J connectivity index is 1.82. The second-order valence-corrected chi connectivity index (χ2v) is 4.83. The minimum absolute atomic E-state index is 0.0641. The second-order valence-electron chi connectivity index (χ2n) is 3.91. The van der Waals surface area contributed by atoms with Crippen LogP contribution in [0.4, 0.5) is 0 Å². The van der Waals surface area contributed by atoms with Gasteiger partial charge in [-0.25, -0.2) is 10.9 Å². The first-order chi connectivity index (χ1) is 9.13. The van der Waals surface area contributed by atoms with Crippen molar-refractivity contribution in [1.82, 2.24) is 10.9 Å². The third-order valence-electron chi connectivity index (χ3n) is 2.32. The van der Waals surface area contributed by atoms with Crippen LogP contribution < -0.4 is 10.9 Å². The number of hydrogen-bond acceptors (Lipinski definition) is 4. The standard InChI is InChI=1S/C12H11BrN4O2/c13-9-3-1-2-8(4-9)7-14-16-11(18)5-10-6-12(19)17-15-10/h1-4,7H,5-6H2,(H,16,18)(H,17,19)/b14-7-. The summed E-state index contributed by atoms with van der Waals surface area (Å²) in [7, 11) is 0. The van der Waals surface area contributed by atoms with Gasteiger partial charge in [-0.2, -0.15) is 10.2 Å². The van der Waals surface area contributed by atoms with Gasteiger partial charge >= 0.3 is 0 Å². The van der Waals surface area contributed by atoms with Crippen molar-refractivity contribution in [2.75, 3.05) is 0 Å². The van der Waals surface area contributed by atoms with E-state index in [-0.39, 0.29) is 24.7 Å². The molecule has 0 aromatic heterocycles. The molecule has 0 fully saturated rings. The molecule has 1 aromatic carbocycles. The summed E-state index contributed by atoms with van der Waals surface area (Å²) < 4.78 is 0.938. The Kier molecular flexibility index (Phi) is 4.40. The molecule has 0 spiro atoms. The van der Waals surface area contributed by atoms with E-state index in [9.17, 15) is 9.59 Å². The van der Waals surface area contributed by atoms with Gasteiger partial charge in [-0.05, 0) is 17.7 Å². The number of hydrazone groups is 2. The van der Waals surface area contributed by atoms with Crippen LogP contribution in [0.1, 0.15) is 18.4 Å². The molecule has 0 saturated carbocycles. The van der Waals surface area contributed by atoms with E-state index < -0.39 is 0 Å². The molecule has 98 valence electrons. The largest absolute Gasteiger partial charge is 0.273 e. The number of carbonyl (C=O) groups is 2. The van der Waals surface area contributed by atoms with E-state index in [2.05, 4.69) is 37.0 Å². The molecular weight excluding hydrogens is 312 g/mol. The maximum atomic E-state index is 11.5. The van der Waals surface area contributed by atoms with E-state index in [1.54, 1.807) is 6.21 Å². The molecule has 0 bridgehead atoms. The fraction of sp³-hybridized carbons (Fsp3) is 0.167. The fourth-order valence-electron chi connectivity index (χ4n) is 1.50. The molecule has 0 radical (unpaired) electrons. The van der Waals surface area contributed by atoms with Gasteiger partial charge in [-0.15, -0.1) is 0 Å². The van der Waals surface area contributed by atoms with Gasteiger partial charge in [-0.3, -0.25) is 9.59 Å². The fourth-order valence-corrected chi connectivity index (χ4v) is 1.92. The van der Waals surface area contributed by atoms with Gasteiger partial charge in [0.25, 0.3) is 0 Å².